The first kappa shape index (κ1) is 86.3. The third kappa shape index (κ3) is 19.0. The number of ether oxygens (including phenoxy) is 1. The van der Waals surface area contributed by atoms with Crippen LogP contribution in [0.15, 0.2) is 73.6 Å². The Hall–Kier alpha value is -5.66. The minimum Gasteiger partial charge on any atom is -0.441 e. The van der Waals surface area contributed by atoms with Gasteiger partial charge in [0.2, 0.25) is 16.4 Å². The zero-order valence-corrected chi connectivity index (χ0v) is 74.6. The van der Waals surface area contributed by atoms with Gasteiger partial charge in [0.15, 0.2) is 60.3 Å². The molecule has 9 aliphatic rings. The van der Waals surface area contributed by atoms with Crippen molar-refractivity contribution >= 4 is 28.4 Å². The molecule has 0 saturated carbocycles. The van der Waals surface area contributed by atoms with E-state index in [9.17, 15) is 0 Å². The lowest BCUT2D eigenvalue weighted by molar-refractivity contribution is -0.971. The van der Waals surface area contributed by atoms with Gasteiger partial charge in [0.05, 0.1) is 80.7 Å². The number of anilines is 3. The molecule has 2 N–H and O–H groups in total. The molecule has 4 bridgehead atoms. The van der Waals surface area contributed by atoms with Gasteiger partial charge in [0.1, 0.15) is 48.2 Å². The van der Waals surface area contributed by atoms with Gasteiger partial charge >= 0.3 is 5.88 Å². The molecule has 1 aliphatic carbocycles. The van der Waals surface area contributed by atoms with Gasteiger partial charge in [-0.05, 0) is 223 Å². The Morgan fingerprint density at radius 3 is 1.62 bits per heavy atom. The highest BCUT2D eigenvalue weighted by Gasteiger charge is 2.64. The van der Waals surface area contributed by atoms with Crippen molar-refractivity contribution in [3.8, 4) is 5.88 Å². The normalized spacial score (nSPS) is 21.1. The van der Waals surface area contributed by atoms with E-state index in [2.05, 4.69) is 347 Å². The summed E-state index contributed by atoms with van der Waals surface area (Å²) in [5.41, 5.74) is 16.8. The summed E-state index contributed by atoms with van der Waals surface area (Å²) in [6, 6.07) is 23.4. The van der Waals surface area contributed by atoms with Crippen molar-refractivity contribution in [3.63, 3.8) is 0 Å². The number of piperazine rings is 1. The predicted octanol–water partition coefficient (Wildman–Crippen LogP) is 16.1. The van der Waals surface area contributed by atoms with Crippen molar-refractivity contribution in [3.05, 3.63) is 118 Å². The largest absolute Gasteiger partial charge is 0.441 e. The van der Waals surface area contributed by atoms with Crippen LogP contribution in [0.3, 0.4) is 0 Å². The van der Waals surface area contributed by atoms with E-state index < -0.39 is 0 Å². The Bertz CT molecular complexity index is 3690. The van der Waals surface area contributed by atoms with E-state index in [-0.39, 0.29) is 0 Å². The Labute approximate surface area is 662 Å². The molecule has 3 saturated heterocycles. The summed E-state index contributed by atoms with van der Waals surface area (Å²) in [4.78, 5) is 6.94. The van der Waals surface area contributed by atoms with E-state index in [1.807, 2.05) is 11.3 Å². The number of thiazole rings is 1. The Kier molecular flexibility index (Phi) is 30.2. The lowest BCUT2D eigenvalue weighted by atomic mass is 9.97. The van der Waals surface area contributed by atoms with E-state index in [0.717, 1.165) is 81.2 Å². The Balaban J connectivity index is 0.000000146. The second-order valence-corrected chi connectivity index (χ2v) is 37.8. The second kappa shape index (κ2) is 37.8. The van der Waals surface area contributed by atoms with E-state index in [1.165, 1.54) is 134 Å². The zero-order valence-electron chi connectivity index (χ0n) is 73.8. The molecule has 6 aromatic heterocycles. The van der Waals surface area contributed by atoms with E-state index in [4.69, 9.17) is 4.74 Å². The maximum absolute atomic E-state index is 5.82. The molecular formula is C90H157N16OS+7. The molecule has 0 radical (unpaired) electrons. The topological polar surface area (TPSA) is 82.6 Å². The number of hydrogen-bond donors (Lipinski definition) is 2. The number of imidazole rings is 2. The number of rotatable bonds is 14. The smallest absolute Gasteiger partial charge is 0.392 e. The summed E-state index contributed by atoms with van der Waals surface area (Å²) in [6.45, 7) is 69.9. The van der Waals surface area contributed by atoms with Gasteiger partial charge < -0.3 is 24.6 Å². The number of likely N-dealkylation sites (N-methyl/N-ethyl adjacent to an activating group) is 1. The molecule has 4 unspecified atom stereocenters. The molecule has 108 heavy (non-hydrogen) atoms. The number of fused-ring (bicyclic) bond motifs is 12. The van der Waals surface area contributed by atoms with Gasteiger partial charge in [-0.15, -0.1) is 4.68 Å². The molecule has 3 fully saturated rings. The molecule has 0 amide bonds. The van der Waals surface area contributed by atoms with Crippen molar-refractivity contribution in [2.45, 2.75) is 392 Å². The lowest BCUT2D eigenvalue weighted by Gasteiger charge is -2.55. The number of quaternary nitrogens is 1. The van der Waals surface area contributed by atoms with Crippen molar-refractivity contribution in [1.82, 2.24) is 24.6 Å². The van der Waals surface area contributed by atoms with Gasteiger partial charge in [-0.2, -0.15) is 18.3 Å². The summed E-state index contributed by atoms with van der Waals surface area (Å²) < 4.78 is 26.4. The second-order valence-electron chi connectivity index (χ2n) is 36.7. The van der Waals surface area contributed by atoms with Gasteiger partial charge in [-0.1, -0.05) is 39.0 Å². The first-order chi connectivity index (χ1) is 51.1. The molecule has 15 rings (SSSR count). The van der Waals surface area contributed by atoms with Gasteiger partial charge in [0.25, 0.3) is 11.6 Å². The molecule has 0 aromatic carbocycles. The van der Waals surface area contributed by atoms with Crippen LogP contribution in [0.25, 0.3) is 0 Å². The first-order valence-electron chi connectivity index (χ1n) is 43.4. The van der Waals surface area contributed by atoms with Crippen LogP contribution >= 0.6 is 11.3 Å². The number of pyridine rings is 3. The summed E-state index contributed by atoms with van der Waals surface area (Å²) >= 11 is 2.05. The number of aryl methyl sites for hydroxylation is 1. The van der Waals surface area contributed by atoms with Crippen molar-refractivity contribution in [1.29, 1.82) is 0 Å². The zero-order chi connectivity index (χ0) is 79.1. The third-order valence-corrected chi connectivity index (χ3v) is 26.3. The minimum absolute atomic E-state index is 0.432. The fourth-order valence-corrected chi connectivity index (χ4v) is 20.8. The van der Waals surface area contributed by atoms with Crippen LogP contribution in [-0.2, 0) is 45.1 Å². The fourth-order valence-electron chi connectivity index (χ4n) is 19.3. The first-order valence-corrected chi connectivity index (χ1v) is 44.2. The summed E-state index contributed by atoms with van der Waals surface area (Å²) in [7, 11) is 2.55. The molecule has 8 aliphatic heterocycles. The number of nitrogens with one attached hydrogen (secondary N) is 2. The van der Waals surface area contributed by atoms with Crippen LogP contribution in [0.5, 0.6) is 5.88 Å². The number of hydrazine groups is 2. The molecule has 6 aromatic rings. The van der Waals surface area contributed by atoms with Crippen LogP contribution in [0.2, 0.25) is 0 Å². The summed E-state index contributed by atoms with van der Waals surface area (Å²) in [6.07, 6.45) is 30.4. The van der Waals surface area contributed by atoms with Crippen molar-refractivity contribution in [2.24, 2.45) is 0 Å². The molecule has 17 nitrogen and oxygen atoms in total. The highest BCUT2D eigenvalue weighted by atomic mass is 32.1. The minimum atomic E-state index is 0.432. The predicted molar refractivity (Wildman–Crippen MR) is 449 cm³/mol. The van der Waals surface area contributed by atoms with E-state index >= 15 is 0 Å². The van der Waals surface area contributed by atoms with Crippen LogP contribution in [0, 0.1) is 0 Å². The summed E-state index contributed by atoms with van der Waals surface area (Å²) in [5, 5.41) is 8.59. The maximum Gasteiger partial charge on any atom is 0.392 e. The highest BCUT2D eigenvalue weighted by Crippen LogP contribution is 2.51. The molecule has 4 atom stereocenters. The SMILES string of the molecule is CC(C)N1C2CCC1C1CCC2[N+]1(C)C(C)C.CC(C)N1CCCc2n1cc[n+]2C(C)C.CC(C)N1CCOc2c1ccc[n+]2C(C)C.CC(C)N1CCc2c(ccc[n+]2C(C)C)N1.CC(C)N1NCCc2c1ccc[n+]2C(C)C.CC(C)c1c[n+](C(C)C)c2n1CCC2.CC(C)c1sc2c([n+]1C(C)C)CCC2. The molecule has 602 valence electrons. The van der Waals surface area contributed by atoms with Gasteiger partial charge in [-0.3, -0.25) is 4.90 Å². The van der Waals surface area contributed by atoms with Crippen LogP contribution in [0.1, 0.15) is 331 Å². The van der Waals surface area contributed by atoms with Gasteiger partial charge in [0, 0.05) is 99.4 Å². The van der Waals surface area contributed by atoms with Crippen LogP contribution in [0.4, 0.5) is 17.1 Å². The Morgan fingerprint density at radius 1 is 0.491 bits per heavy atom. The maximum atomic E-state index is 5.82. The molecule has 14 heterocycles. The van der Waals surface area contributed by atoms with Crippen molar-refractivity contribution in [2.75, 3.05) is 60.2 Å². The summed E-state index contributed by atoms with van der Waals surface area (Å²) in [5.74, 6) is 5.31. The monoisotopic (exact) mass is 1510 g/mol. The molecule has 18 heteroatoms. The number of nitrogens with zero attached hydrogens (tertiary/aromatic N) is 14. The van der Waals surface area contributed by atoms with E-state index in [0.29, 0.717) is 72.3 Å². The van der Waals surface area contributed by atoms with Crippen molar-refractivity contribution < 1.29 is 36.6 Å². The van der Waals surface area contributed by atoms with Crippen LogP contribution < -0.4 is 57.9 Å². The number of hydrogen-bond acceptors (Lipinski definition) is 9. The van der Waals surface area contributed by atoms with E-state index in [1.54, 1.807) is 15.6 Å². The Morgan fingerprint density at radius 2 is 1.07 bits per heavy atom. The van der Waals surface area contributed by atoms with Crippen LogP contribution in [-0.4, -0.2) is 124 Å². The average molecular weight is 1510 g/mol. The third-order valence-electron chi connectivity index (χ3n) is 24.7. The standard InChI is InChI=1S/C15H29N2.2C13H22N3.C13H21N2O.C12H22N3.C12H21N2.C12H20NS/c1-10(2)16-12-6-7-13(16)15-9-8-14(12)17(15,5)11(3)4;1-10(2)15-9-5-6-13-12(15)7-8-14-16(13)11(3)4;1-10(2)15-8-5-6-12-13(15)7-9-16(14-12)11(3)4;1-10(2)14-8-9-16-13-12(14)6-5-7-15(13)11(3)4;1-10(2)13-8-9-15-12(13)6-5-7-14(15)11(3)4;1-9(2)11-8-14(10(3)4)12-6-5-7-13(11)12;1-8(2)12-13(9(3)4)10-6-5-7-11(10)14-12/h10-15H,6-9H2,1-5H3;5-6,9-11,14H,7-8H2,1-4H3;5-6,8,10-11,14H,7,9H2,1-4H3;5-7,10-11H,8-9H2,1-4H3;8-11H,5-7H2,1-4H3;8-10H,5-7H2,1-4H3;8-9H,5-7H2,1-4H3/q7*+1. The van der Waals surface area contributed by atoms with Gasteiger partial charge in [-0.25, -0.2) is 29.1 Å². The molecular weight excluding hydrogens is 1350 g/mol. The highest BCUT2D eigenvalue weighted by molar-refractivity contribution is 7.11. The average Bonchev–Trinajstić information content (AvgIpc) is 1.54. The number of aromatic nitrogens is 8. The molecule has 0 spiro atoms. The lowest BCUT2D eigenvalue weighted by Crippen LogP contribution is -2.72. The quantitative estimate of drug-likeness (QED) is 0.0825. The fraction of sp³-hybridized carbons (Fsp3) is 0.733.